The van der Waals surface area contributed by atoms with Gasteiger partial charge in [0.1, 0.15) is 5.82 Å². The fourth-order valence-corrected chi connectivity index (χ4v) is 2.62. The van der Waals surface area contributed by atoms with Crippen LogP contribution in [0.5, 0.6) is 0 Å². The van der Waals surface area contributed by atoms with Crippen molar-refractivity contribution in [3.63, 3.8) is 0 Å². The lowest BCUT2D eigenvalue weighted by molar-refractivity contribution is 0.197. The van der Waals surface area contributed by atoms with Crippen LogP contribution in [0.15, 0.2) is 18.2 Å². The minimum absolute atomic E-state index is 0.00753. The molecule has 1 aromatic rings. The van der Waals surface area contributed by atoms with Gasteiger partial charge in [0.2, 0.25) is 0 Å². The van der Waals surface area contributed by atoms with Crippen LogP contribution in [0.25, 0.3) is 0 Å². The van der Waals surface area contributed by atoms with Gasteiger partial charge in [0.15, 0.2) is 0 Å². The highest BCUT2D eigenvalue weighted by molar-refractivity contribution is 5.78. The molecule has 0 aromatic heterocycles. The molecule has 2 heterocycles. The van der Waals surface area contributed by atoms with Crippen LogP contribution >= 0.6 is 0 Å². The molecule has 0 spiro atoms. The number of fused-ring (bicyclic) bond motifs is 1. The highest BCUT2D eigenvalue weighted by atomic mass is 19.1. The maximum atomic E-state index is 13.4. The fourth-order valence-electron chi connectivity index (χ4n) is 2.62. The molecule has 0 aliphatic carbocycles. The normalized spacial score (nSPS) is 22.9. The highest BCUT2D eigenvalue weighted by Gasteiger charge is 2.35. The molecular weight excluding hydrogens is 235 g/mol. The van der Waals surface area contributed by atoms with E-state index in [0.717, 1.165) is 0 Å². The van der Waals surface area contributed by atoms with Crippen molar-refractivity contribution in [2.24, 2.45) is 0 Å². The number of para-hydroxylation sites is 1. The van der Waals surface area contributed by atoms with Gasteiger partial charge in [-0.1, -0.05) is 6.07 Å². The zero-order valence-electron chi connectivity index (χ0n) is 9.90. The first kappa shape index (κ1) is 11.1. The van der Waals surface area contributed by atoms with E-state index in [1.807, 2.05) is 15.9 Å². The van der Waals surface area contributed by atoms with Gasteiger partial charge < -0.3 is 20.9 Å². The minimum Gasteiger partial charge on any atom is -0.395 e. The molecule has 6 heteroatoms. The van der Waals surface area contributed by atoms with Crippen molar-refractivity contribution in [1.82, 2.24) is 10.2 Å². The Morgan fingerprint density at radius 1 is 1.39 bits per heavy atom. The van der Waals surface area contributed by atoms with E-state index < -0.39 is 5.82 Å². The van der Waals surface area contributed by atoms with Crippen molar-refractivity contribution in [1.29, 1.82) is 0 Å². The third-order valence-corrected chi connectivity index (χ3v) is 3.60. The van der Waals surface area contributed by atoms with Gasteiger partial charge in [-0.25, -0.2) is 9.18 Å². The summed E-state index contributed by atoms with van der Waals surface area (Å²) in [5, 5.41) is 2.81. The van der Waals surface area contributed by atoms with Gasteiger partial charge in [-0.2, -0.15) is 0 Å². The van der Waals surface area contributed by atoms with Gasteiger partial charge in [0.25, 0.3) is 0 Å². The second-order valence-electron chi connectivity index (χ2n) is 4.65. The van der Waals surface area contributed by atoms with Gasteiger partial charge in [0, 0.05) is 26.2 Å². The maximum Gasteiger partial charge on any atom is 0.317 e. The summed E-state index contributed by atoms with van der Waals surface area (Å²) in [6.07, 6.45) is 0. The molecule has 18 heavy (non-hydrogen) atoms. The van der Waals surface area contributed by atoms with Crippen LogP contribution in [-0.2, 0) is 0 Å². The average molecular weight is 250 g/mol. The predicted octanol–water partition coefficient (Wildman–Crippen LogP) is 0.622. The van der Waals surface area contributed by atoms with Crippen LogP contribution < -0.4 is 16.0 Å². The first-order valence-electron chi connectivity index (χ1n) is 6.00. The summed E-state index contributed by atoms with van der Waals surface area (Å²) in [7, 11) is 0. The second kappa shape index (κ2) is 4.04. The minimum atomic E-state index is -0.393. The van der Waals surface area contributed by atoms with Gasteiger partial charge in [-0.05, 0) is 12.1 Å². The Kier molecular flexibility index (Phi) is 2.50. The van der Waals surface area contributed by atoms with Crippen LogP contribution in [0.2, 0.25) is 0 Å². The van der Waals surface area contributed by atoms with Crippen LogP contribution in [0.1, 0.15) is 0 Å². The Hall–Kier alpha value is -1.98. The number of nitrogens with zero attached hydrogens (tertiary/aromatic N) is 2. The number of benzene rings is 1. The van der Waals surface area contributed by atoms with Gasteiger partial charge in [-0.15, -0.1) is 0 Å². The third-order valence-electron chi connectivity index (χ3n) is 3.60. The predicted molar refractivity (Wildman–Crippen MR) is 66.9 cm³/mol. The Balaban J connectivity index is 1.83. The number of amides is 2. The Labute approximate surface area is 104 Å². The van der Waals surface area contributed by atoms with Crippen molar-refractivity contribution >= 4 is 17.4 Å². The van der Waals surface area contributed by atoms with Crippen molar-refractivity contribution in [3.05, 3.63) is 24.0 Å². The average Bonchev–Trinajstić information content (AvgIpc) is 2.74. The number of halogens is 1. The van der Waals surface area contributed by atoms with E-state index in [-0.39, 0.29) is 17.8 Å². The zero-order valence-corrected chi connectivity index (χ0v) is 9.90. The van der Waals surface area contributed by atoms with Crippen molar-refractivity contribution < 1.29 is 9.18 Å². The Morgan fingerprint density at radius 3 is 3.06 bits per heavy atom. The summed E-state index contributed by atoms with van der Waals surface area (Å²) in [5.74, 6) is -0.393. The van der Waals surface area contributed by atoms with E-state index in [2.05, 4.69) is 5.32 Å². The summed E-state index contributed by atoms with van der Waals surface area (Å²) in [4.78, 5) is 15.4. The lowest BCUT2D eigenvalue weighted by Gasteiger charge is -2.38. The molecule has 2 aliphatic heterocycles. The lowest BCUT2D eigenvalue weighted by atomic mass is 10.1. The number of nitrogens with one attached hydrogen (secondary N) is 1. The maximum absolute atomic E-state index is 13.4. The molecule has 0 radical (unpaired) electrons. The molecule has 96 valence electrons. The van der Waals surface area contributed by atoms with E-state index >= 15 is 0 Å². The summed E-state index contributed by atoms with van der Waals surface area (Å²) in [5.41, 5.74) is 6.67. The molecular formula is C12H15FN4O. The van der Waals surface area contributed by atoms with E-state index in [1.165, 1.54) is 6.07 Å². The van der Waals surface area contributed by atoms with Gasteiger partial charge >= 0.3 is 6.03 Å². The van der Waals surface area contributed by atoms with E-state index in [1.54, 1.807) is 6.07 Å². The quantitative estimate of drug-likeness (QED) is 0.718. The number of piperazine rings is 1. The highest BCUT2D eigenvalue weighted by Crippen LogP contribution is 2.28. The number of urea groups is 1. The van der Waals surface area contributed by atoms with Crippen LogP contribution in [0.4, 0.5) is 20.6 Å². The van der Waals surface area contributed by atoms with E-state index in [9.17, 15) is 9.18 Å². The zero-order chi connectivity index (χ0) is 12.7. The van der Waals surface area contributed by atoms with Gasteiger partial charge in [-0.3, -0.25) is 0 Å². The van der Waals surface area contributed by atoms with E-state index in [0.29, 0.717) is 31.9 Å². The first-order chi connectivity index (χ1) is 8.66. The van der Waals surface area contributed by atoms with Crippen molar-refractivity contribution in [2.45, 2.75) is 6.04 Å². The number of hydrogen-bond acceptors (Lipinski definition) is 3. The molecule has 3 N–H and O–H groups in total. The number of nitrogens with two attached hydrogens (primary N) is 1. The SMILES string of the molecule is Nc1c(F)cccc1N1CCN2C(=O)NCC2C1. The molecule has 1 aromatic carbocycles. The molecule has 1 unspecified atom stereocenters. The van der Waals surface area contributed by atoms with Crippen LogP contribution in [0.3, 0.4) is 0 Å². The number of carbonyl (C=O) groups is 1. The molecule has 2 saturated heterocycles. The monoisotopic (exact) mass is 250 g/mol. The number of anilines is 2. The molecule has 2 fully saturated rings. The van der Waals surface area contributed by atoms with Crippen LogP contribution in [0, 0.1) is 5.82 Å². The number of hydrogen-bond donors (Lipinski definition) is 2. The summed E-state index contributed by atoms with van der Waals surface area (Å²) < 4.78 is 13.4. The standard InChI is InChI=1S/C12H15FN4O/c13-9-2-1-3-10(11(9)14)16-4-5-17-8(7-16)6-15-12(17)18/h1-3,8H,4-7,14H2,(H,15,18). The largest absolute Gasteiger partial charge is 0.395 e. The molecule has 2 aliphatic rings. The molecule has 1 atom stereocenters. The van der Waals surface area contributed by atoms with E-state index in [4.69, 9.17) is 5.73 Å². The third kappa shape index (κ3) is 1.64. The topological polar surface area (TPSA) is 61.6 Å². The molecule has 2 amide bonds. The smallest absolute Gasteiger partial charge is 0.317 e. The Bertz CT molecular complexity index is 493. The van der Waals surface area contributed by atoms with Crippen LogP contribution in [-0.4, -0.2) is 43.2 Å². The second-order valence-corrected chi connectivity index (χ2v) is 4.65. The Morgan fingerprint density at radius 2 is 2.22 bits per heavy atom. The summed E-state index contributed by atoms with van der Waals surface area (Å²) in [6.45, 7) is 2.65. The molecule has 0 saturated carbocycles. The number of carbonyl (C=O) groups excluding carboxylic acids is 1. The molecule has 5 nitrogen and oxygen atoms in total. The molecule has 0 bridgehead atoms. The summed E-state index contributed by atoms with van der Waals surface area (Å²) in [6, 6.07) is 4.97. The molecule has 3 rings (SSSR count). The summed E-state index contributed by atoms with van der Waals surface area (Å²) >= 11 is 0. The van der Waals surface area contributed by atoms with Gasteiger partial charge in [0.05, 0.1) is 17.4 Å². The van der Waals surface area contributed by atoms with Crippen molar-refractivity contribution in [2.75, 3.05) is 36.8 Å². The fraction of sp³-hybridized carbons (Fsp3) is 0.417. The number of rotatable bonds is 1. The lowest BCUT2D eigenvalue weighted by Crippen LogP contribution is -2.52. The number of nitrogen functional groups attached to an aromatic ring is 1. The van der Waals surface area contributed by atoms with Crippen molar-refractivity contribution in [3.8, 4) is 0 Å². The first-order valence-corrected chi connectivity index (χ1v) is 6.00.